The molecule has 0 N–H and O–H groups in total. The molecule has 1 saturated heterocycles. The van der Waals surface area contributed by atoms with Crippen LogP contribution in [0.4, 0.5) is 0 Å². The van der Waals surface area contributed by atoms with Crippen LogP contribution >= 0.6 is 0 Å². The molecule has 1 amide bonds. The molecule has 0 spiro atoms. The molecule has 0 atom stereocenters. The molecule has 7 heteroatoms. The third kappa shape index (κ3) is 5.08. The Morgan fingerprint density at radius 2 is 1.84 bits per heavy atom. The first-order chi connectivity index (χ1) is 9.01. The number of carbonyl (C=O) groups is 1. The number of sulfonamides is 1. The molecule has 0 aromatic carbocycles. The normalized spacial score (nSPS) is 17.7. The van der Waals surface area contributed by atoms with E-state index in [-0.39, 0.29) is 11.7 Å². The van der Waals surface area contributed by atoms with Crippen molar-refractivity contribution in [1.82, 2.24) is 9.21 Å². The summed E-state index contributed by atoms with van der Waals surface area (Å²) in [6, 6.07) is 0. The van der Waals surface area contributed by atoms with Gasteiger partial charge < -0.3 is 9.64 Å². The van der Waals surface area contributed by atoms with Crippen LogP contribution in [0.15, 0.2) is 0 Å². The maximum Gasteiger partial charge on any atom is 0.224 e. The minimum absolute atomic E-state index is 0.0347. The Kier molecular flexibility index (Phi) is 6.74. The predicted octanol–water partition coefficient (Wildman–Crippen LogP) is 0.297. The first-order valence-electron chi connectivity index (χ1n) is 6.75. The Hall–Kier alpha value is -0.660. The molecule has 0 radical (unpaired) electrons. The van der Waals surface area contributed by atoms with Crippen LogP contribution in [0.3, 0.4) is 0 Å². The minimum atomic E-state index is -3.14. The highest BCUT2D eigenvalue weighted by Crippen LogP contribution is 2.10. The van der Waals surface area contributed by atoms with Crippen LogP contribution in [0.1, 0.15) is 26.2 Å². The van der Waals surface area contributed by atoms with Crippen LogP contribution in [-0.4, -0.2) is 69.2 Å². The number of rotatable bonds is 7. The summed E-state index contributed by atoms with van der Waals surface area (Å²) in [5.41, 5.74) is 0. The number of carbonyl (C=O) groups excluding carboxylic acids is 1. The largest absolute Gasteiger partial charge is 0.384 e. The summed E-state index contributed by atoms with van der Waals surface area (Å²) in [6.45, 7) is 4.16. The average Bonchev–Trinajstić information content (AvgIpc) is 2.42. The van der Waals surface area contributed by atoms with E-state index in [9.17, 15) is 13.2 Å². The van der Waals surface area contributed by atoms with Crippen LogP contribution in [-0.2, 0) is 19.6 Å². The van der Waals surface area contributed by atoms with Gasteiger partial charge in [0.2, 0.25) is 15.9 Å². The predicted molar refractivity (Wildman–Crippen MR) is 73.3 cm³/mol. The lowest BCUT2D eigenvalue weighted by atomic mass is 10.3. The van der Waals surface area contributed by atoms with E-state index in [2.05, 4.69) is 0 Å². The topological polar surface area (TPSA) is 66.9 Å². The first-order valence-corrected chi connectivity index (χ1v) is 8.36. The van der Waals surface area contributed by atoms with Gasteiger partial charge in [-0.05, 0) is 6.42 Å². The van der Waals surface area contributed by atoms with Gasteiger partial charge in [0.1, 0.15) is 0 Å². The number of nitrogens with zero attached hydrogens (tertiary/aromatic N) is 2. The quantitative estimate of drug-likeness (QED) is 0.677. The van der Waals surface area contributed by atoms with E-state index in [4.69, 9.17) is 4.74 Å². The molecular weight excluding hydrogens is 268 g/mol. The third-order valence-electron chi connectivity index (χ3n) is 3.26. The van der Waals surface area contributed by atoms with Gasteiger partial charge in [-0.2, -0.15) is 4.31 Å². The molecular formula is C12H24N2O4S. The zero-order valence-corrected chi connectivity index (χ0v) is 12.6. The first kappa shape index (κ1) is 16.4. The summed E-state index contributed by atoms with van der Waals surface area (Å²) in [7, 11) is -1.58. The molecule has 19 heavy (non-hydrogen) atoms. The van der Waals surface area contributed by atoms with Crippen LogP contribution in [0, 0.1) is 0 Å². The molecule has 6 nitrogen and oxygen atoms in total. The number of unbranched alkanes of at least 4 members (excludes halogenated alkanes) is 1. The summed E-state index contributed by atoms with van der Waals surface area (Å²) in [4.78, 5) is 13.5. The number of hydrogen-bond donors (Lipinski definition) is 0. The van der Waals surface area contributed by atoms with Crippen LogP contribution in [0.5, 0.6) is 0 Å². The second kappa shape index (κ2) is 7.81. The van der Waals surface area contributed by atoms with Crippen molar-refractivity contribution in [3.05, 3.63) is 0 Å². The molecule has 1 aliphatic rings. The van der Waals surface area contributed by atoms with E-state index in [0.29, 0.717) is 45.6 Å². The molecule has 1 rings (SSSR count). The molecule has 0 aromatic rings. The van der Waals surface area contributed by atoms with Gasteiger partial charge in [0, 0.05) is 33.3 Å². The van der Waals surface area contributed by atoms with Gasteiger partial charge in [-0.15, -0.1) is 0 Å². The van der Waals surface area contributed by atoms with Crippen molar-refractivity contribution in [2.45, 2.75) is 26.2 Å². The lowest BCUT2D eigenvalue weighted by molar-refractivity contribution is -0.133. The van der Waals surface area contributed by atoms with E-state index in [1.165, 1.54) is 4.31 Å². The van der Waals surface area contributed by atoms with E-state index in [1.807, 2.05) is 6.92 Å². The Morgan fingerprint density at radius 3 is 2.37 bits per heavy atom. The van der Waals surface area contributed by atoms with Gasteiger partial charge in [0.05, 0.1) is 18.8 Å². The summed E-state index contributed by atoms with van der Waals surface area (Å²) in [5.74, 6) is 0.244. The molecule has 0 saturated carbocycles. The van der Waals surface area contributed by atoms with Crippen molar-refractivity contribution in [1.29, 1.82) is 0 Å². The van der Waals surface area contributed by atoms with Crippen molar-refractivity contribution < 1.29 is 17.9 Å². The maximum atomic E-state index is 12.0. The fraction of sp³-hybridized carbons (Fsp3) is 0.917. The maximum absolute atomic E-state index is 12.0. The standard InChI is InChI=1S/C12H24N2O4S/c1-3-4-11-19(16,17)14-8-6-13(7-9-14)12(15)5-10-18-2/h3-11H2,1-2H3. The number of methoxy groups -OCH3 is 1. The molecule has 1 fully saturated rings. The molecule has 0 aromatic heterocycles. The highest BCUT2D eigenvalue weighted by Gasteiger charge is 2.27. The third-order valence-corrected chi connectivity index (χ3v) is 5.22. The fourth-order valence-electron chi connectivity index (χ4n) is 2.02. The second-order valence-corrected chi connectivity index (χ2v) is 6.78. The highest BCUT2D eigenvalue weighted by atomic mass is 32.2. The summed E-state index contributed by atoms with van der Waals surface area (Å²) >= 11 is 0. The lowest BCUT2D eigenvalue weighted by Gasteiger charge is -2.34. The molecule has 0 unspecified atom stereocenters. The van der Waals surface area contributed by atoms with Gasteiger partial charge in [-0.3, -0.25) is 4.79 Å². The Labute approximate surface area is 115 Å². The number of hydrogen-bond acceptors (Lipinski definition) is 4. The average molecular weight is 292 g/mol. The van der Waals surface area contributed by atoms with Gasteiger partial charge in [0.15, 0.2) is 0 Å². The van der Waals surface area contributed by atoms with Gasteiger partial charge in [-0.1, -0.05) is 13.3 Å². The van der Waals surface area contributed by atoms with Crippen molar-refractivity contribution in [3.8, 4) is 0 Å². The second-order valence-electron chi connectivity index (χ2n) is 4.69. The van der Waals surface area contributed by atoms with E-state index in [0.717, 1.165) is 6.42 Å². The molecule has 1 heterocycles. The molecule has 112 valence electrons. The monoisotopic (exact) mass is 292 g/mol. The zero-order chi connectivity index (χ0) is 14.3. The SMILES string of the molecule is CCCCS(=O)(=O)N1CCN(C(=O)CCOC)CC1. The van der Waals surface area contributed by atoms with Gasteiger partial charge in [0.25, 0.3) is 0 Å². The number of amides is 1. The Balaban J connectivity index is 2.42. The van der Waals surface area contributed by atoms with Crippen LogP contribution in [0.25, 0.3) is 0 Å². The van der Waals surface area contributed by atoms with Crippen molar-refractivity contribution in [2.24, 2.45) is 0 Å². The number of piperazine rings is 1. The summed E-state index contributed by atoms with van der Waals surface area (Å²) in [6.07, 6.45) is 1.92. The molecule has 1 aliphatic heterocycles. The Bertz CT molecular complexity index is 375. The Morgan fingerprint density at radius 1 is 1.21 bits per heavy atom. The van der Waals surface area contributed by atoms with Crippen LogP contribution < -0.4 is 0 Å². The van der Waals surface area contributed by atoms with Crippen LogP contribution in [0.2, 0.25) is 0 Å². The van der Waals surface area contributed by atoms with Gasteiger partial charge >= 0.3 is 0 Å². The summed E-state index contributed by atoms with van der Waals surface area (Å²) < 4.78 is 30.4. The molecule has 0 bridgehead atoms. The van der Waals surface area contributed by atoms with Crippen molar-refractivity contribution in [2.75, 3.05) is 45.6 Å². The summed E-state index contributed by atoms with van der Waals surface area (Å²) in [5, 5.41) is 0. The zero-order valence-electron chi connectivity index (χ0n) is 11.8. The molecule has 0 aliphatic carbocycles. The van der Waals surface area contributed by atoms with Gasteiger partial charge in [-0.25, -0.2) is 8.42 Å². The minimum Gasteiger partial charge on any atom is -0.384 e. The number of ether oxygens (including phenoxy) is 1. The van der Waals surface area contributed by atoms with Crippen molar-refractivity contribution >= 4 is 15.9 Å². The smallest absolute Gasteiger partial charge is 0.224 e. The van der Waals surface area contributed by atoms with E-state index < -0.39 is 10.0 Å². The van der Waals surface area contributed by atoms with E-state index in [1.54, 1.807) is 12.0 Å². The van der Waals surface area contributed by atoms with E-state index >= 15 is 0 Å². The fourth-order valence-corrected chi connectivity index (χ4v) is 3.65. The lowest BCUT2D eigenvalue weighted by Crippen LogP contribution is -2.51. The highest BCUT2D eigenvalue weighted by molar-refractivity contribution is 7.89. The van der Waals surface area contributed by atoms with Crippen molar-refractivity contribution in [3.63, 3.8) is 0 Å².